The lowest BCUT2D eigenvalue weighted by atomic mass is 9.77. The average molecular weight is 410 g/mol. The molecule has 3 aromatic rings. The number of pyridine rings is 1. The van der Waals surface area contributed by atoms with Crippen molar-refractivity contribution >= 4 is 11.3 Å². The molecule has 0 spiro atoms. The van der Waals surface area contributed by atoms with Gasteiger partial charge in [0.1, 0.15) is 5.69 Å². The molecule has 29 heavy (non-hydrogen) atoms. The minimum absolute atomic E-state index is 0.187. The molecule has 0 aromatic carbocycles. The fourth-order valence-electron chi connectivity index (χ4n) is 5.01. The maximum Gasteiger partial charge on any atom is 0.113 e. The first-order valence-electron chi connectivity index (χ1n) is 10.3. The third kappa shape index (κ3) is 3.74. The van der Waals surface area contributed by atoms with Crippen molar-refractivity contribution in [1.82, 2.24) is 24.9 Å². The molecule has 4 atom stereocenters. The van der Waals surface area contributed by atoms with Crippen molar-refractivity contribution in [3.8, 4) is 11.3 Å². The topological polar surface area (TPSA) is 56.1 Å². The normalized spacial score (nSPS) is 27.2. The van der Waals surface area contributed by atoms with Crippen LogP contribution in [0.5, 0.6) is 0 Å². The molecule has 5 rings (SSSR count). The van der Waals surface area contributed by atoms with E-state index in [0.717, 1.165) is 30.6 Å². The molecule has 0 N–H and O–H groups in total. The average Bonchev–Trinajstić information content (AvgIpc) is 3.47. The van der Waals surface area contributed by atoms with E-state index < -0.39 is 0 Å². The Kier molecular flexibility index (Phi) is 5.20. The van der Waals surface area contributed by atoms with Crippen LogP contribution in [0, 0.1) is 18.8 Å². The van der Waals surface area contributed by atoms with Crippen molar-refractivity contribution in [2.45, 2.75) is 38.5 Å². The lowest BCUT2D eigenvalue weighted by Crippen LogP contribution is -2.37. The van der Waals surface area contributed by atoms with Gasteiger partial charge in [0.25, 0.3) is 0 Å². The number of fused-ring (bicyclic) bond motifs is 1. The van der Waals surface area contributed by atoms with Crippen molar-refractivity contribution in [3.63, 3.8) is 0 Å². The van der Waals surface area contributed by atoms with E-state index in [9.17, 15) is 0 Å². The van der Waals surface area contributed by atoms with Gasteiger partial charge < -0.3 is 4.74 Å². The number of thiophene rings is 1. The molecule has 6 nitrogen and oxygen atoms in total. The van der Waals surface area contributed by atoms with Gasteiger partial charge in [0, 0.05) is 49.6 Å². The van der Waals surface area contributed by atoms with Crippen LogP contribution in [0.4, 0.5) is 0 Å². The SMILES string of the molecule is CO[C@@H]1C[C@H]2CN(Cc3sccc3C)C[C@H]2C[C@H]1n1cc(-c2ccncc2)nn1. The van der Waals surface area contributed by atoms with Crippen LogP contribution in [-0.2, 0) is 11.3 Å². The quantitative estimate of drug-likeness (QED) is 0.641. The highest BCUT2D eigenvalue weighted by atomic mass is 32.1. The number of methoxy groups -OCH3 is 1. The number of aromatic nitrogens is 4. The van der Waals surface area contributed by atoms with Crippen molar-refractivity contribution in [2.75, 3.05) is 20.2 Å². The monoisotopic (exact) mass is 409 g/mol. The van der Waals surface area contributed by atoms with Crippen LogP contribution < -0.4 is 0 Å². The number of ether oxygens (including phenoxy) is 1. The van der Waals surface area contributed by atoms with E-state index in [2.05, 4.69) is 44.8 Å². The first-order valence-corrected chi connectivity index (χ1v) is 11.2. The lowest BCUT2D eigenvalue weighted by molar-refractivity contribution is -0.00545. The van der Waals surface area contributed by atoms with E-state index in [4.69, 9.17) is 4.74 Å². The van der Waals surface area contributed by atoms with Crippen LogP contribution in [-0.4, -0.2) is 51.2 Å². The largest absolute Gasteiger partial charge is 0.379 e. The highest BCUT2D eigenvalue weighted by Crippen LogP contribution is 2.43. The standard InChI is InChI=1S/C22H27N5OS/c1-15-5-8-29-22(15)14-26-11-17-9-20(21(28-2)10-18(17)12-26)27-13-19(24-25-27)16-3-6-23-7-4-16/h3-8,13,17-18,20-21H,9-12,14H2,1-2H3/t17-,18+,20-,21-/m1/s1. The van der Waals surface area contributed by atoms with E-state index in [1.165, 1.54) is 23.5 Å². The van der Waals surface area contributed by atoms with Gasteiger partial charge in [-0.1, -0.05) is 5.21 Å². The van der Waals surface area contributed by atoms with Crippen LogP contribution in [0.3, 0.4) is 0 Å². The third-order valence-electron chi connectivity index (χ3n) is 6.62. The van der Waals surface area contributed by atoms with Crippen LogP contribution in [0.2, 0.25) is 0 Å². The van der Waals surface area contributed by atoms with Gasteiger partial charge in [-0.15, -0.1) is 16.4 Å². The summed E-state index contributed by atoms with van der Waals surface area (Å²) < 4.78 is 7.96. The summed E-state index contributed by atoms with van der Waals surface area (Å²) in [6.45, 7) is 5.64. The van der Waals surface area contributed by atoms with E-state index in [0.29, 0.717) is 11.8 Å². The molecule has 0 radical (unpaired) electrons. The molecule has 7 heteroatoms. The first-order chi connectivity index (χ1) is 14.2. The Bertz CT molecular complexity index is 955. The van der Waals surface area contributed by atoms with Gasteiger partial charge in [-0.3, -0.25) is 9.88 Å². The summed E-state index contributed by atoms with van der Waals surface area (Å²) in [5, 5.41) is 11.1. The number of hydrogen-bond acceptors (Lipinski definition) is 6. The van der Waals surface area contributed by atoms with Crippen molar-refractivity contribution in [2.24, 2.45) is 11.8 Å². The number of rotatable bonds is 5. The molecule has 0 unspecified atom stereocenters. The molecule has 2 aliphatic rings. The summed E-state index contributed by atoms with van der Waals surface area (Å²) in [6.07, 6.45) is 8.03. The molecule has 4 heterocycles. The fraction of sp³-hybridized carbons (Fsp3) is 0.500. The third-order valence-corrected chi connectivity index (χ3v) is 7.63. The van der Waals surface area contributed by atoms with Crippen molar-refractivity contribution in [3.05, 3.63) is 52.6 Å². The maximum atomic E-state index is 5.93. The molecule has 0 amide bonds. The molecule has 1 saturated heterocycles. The molecule has 3 aromatic heterocycles. The number of nitrogens with zero attached hydrogens (tertiary/aromatic N) is 5. The number of aryl methyl sites for hydroxylation is 1. The molecule has 0 bridgehead atoms. The predicted octanol–water partition coefficient (Wildman–Crippen LogP) is 3.81. The van der Waals surface area contributed by atoms with Gasteiger partial charge in [0.05, 0.1) is 18.3 Å². The zero-order chi connectivity index (χ0) is 19.8. The zero-order valence-electron chi connectivity index (χ0n) is 16.9. The smallest absolute Gasteiger partial charge is 0.113 e. The van der Waals surface area contributed by atoms with Gasteiger partial charge in [0.15, 0.2) is 0 Å². The summed E-state index contributed by atoms with van der Waals surface area (Å²) in [4.78, 5) is 8.22. The second kappa shape index (κ2) is 7.97. The zero-order valence-corrected chi connectivity index (χ0v) is 17.8. The number of likely N-dealkylation sites (tertiary alicyclic amines) is 1. The highest BCUT2D eigenvalue weighted by Gasteiger charge is 2.43. The van der Waals surface area contributed by atoms with Gasteiger partial charge >= 0.3 is 0 Å². The van der Waals surface area contributed by atoms with Crippen molar-refractivity contribution in [1.29, 1.82) is 0 Å². The predicted molar refractivity (Wildman–Crippen MR) is 114 cm³/mol. The minimum Gasteiger partial charge on any atom is -0.379 e. The van der Waals surface area contributed by atoms with E-state index in [1.807, 2.05) is 35.3 Å². The van der Waals surface area contributed by atoms with Crippen LogP contribution in [0.25, 0.3) is 11.3 Å². The molecule has 1 aliphatic heterocycles. The van der Waals surface area contributed by atoms with E-state index >= 15 is 0 Å². The van der Waals surface area contributed by atoms with Gasteiger partial charge in [0.2, 0.25) is 0 Å². The Hall–Kier alpha value is -2.09. The van der Waals surface area contributed by atoms with Gasteiger partial charge in [-0.05, 0) is 60.7 Å². The molecule has 2 fully saturated rings. The van der Waals surface area contributed by atoms with Gasteiger partial charge in [-0.25, -0.2) is 4.68 Å². The Morgan fingerprint density at radius 1 is 1.14 bits per heavy atom. The molecular formula is C22H27N5OS. The Morgan fingerprint density at radius 2 is 1.93 bits per heavy atom. The minimum atomic E-state index is 0.187. The molecular weight excluding hydrogens is 382 g/mol. The summed E-state index contributed by atoms with van der Waals surface area (Å²) in [6, 6.07) is 6.42. The first kappa shape index (κ1) is 18.9. The number of hydrogen-bond donors (Lipinski definition) is 0. The van der Waals surface area contributed by atoms with Crippen molar-refractivity contribution < 1.29 is 4.74 Å². The second-order valence-corrected chi connectivity index (χ2v) is 9.37. The Labute approximate surface area is 175 Å². The van der Waals surface area contributed by atoms with Crippen LogP contribution in [0.15, 0.2) is 42.2 Å². The Morgan fingerprint density at radius 3 is 2.66 bits per heavy atom. The molecule has 1 saturated carbocycles. The highest BCUT2D eigenvalue weighted by molar-refractivity contribution is 7.10. The summed E-state index contributed by atoms with van der Waals surface area (Å²) in [7, 11) is 1.83. The van der Waals surface area contributed by atoms with Gasteiger partial charge in [-0.2, -0.15) is 0 Å². The summed E-state index contributed by atoms with van der Waals surface area (Å²) >= 11 is 1.88. The summed E-state index contributed by atoms with van der Waals surface area (Å²) in [5.41, 5.74) is 3.36. The maximum absolute atomic E-state index is 5.93. The summed E-state index contributed by atoms with van der Waals surface area (Å²) in [5.74, 6) is 1.40. The molecule has 152 valence electrons. The lowest BCUT2D eigenvalue weighted by Gasteiger charge is -2.37. The molecule has 1 aliphatic carbocycles. The van der Waals surface area contributed by atoms with E-state index in [1.54, 1.807) is 12.4 Å². The second-order valence-electron chi connectivity index (χ2n) is 8.37. The van der Waals surface area contributed by atoms with Crippen LogP contribution >= 0.6 is 11.3 Å². The van der Waals surface area contributed by atoms with Crippen LogP contribution in [0.1, 0.15) is 29.3 Å². The Balaban J connectivity index is 1.31. The fourth-order valence-corrected chi connectivity index (χ4v) is 5.96. The van der Waals surface area contributed by atoms with E-state index in [-0.39, 0.29) is 12.1 Å².